The van der Waals surface area contributed by atoms with E-state index in [-0.39, 0.29) is 18.0 Å². The molecule has 0 bridgehead atoms. The van der Waals surface area contributed by atoms with Gasteiger partial charge in [-0.25, -0.2) is 4.39 Å². The van der Waals surface area contributed by atoms with Gasteiger partial charge in [-0.2, -0.15) is 0 Å². The molecule has 1 unspecified atom stereocenters. The van der Waals surface area contributed by atoms with Crippen molar-refractivity contribution in [3.63, 3.8) is 0 Å². The van der Waals surface area contributed by atoms with Crippen molar-refractivity contribution in [1.29, 1.82) is 0 Å². The van der Waals surface area contributed by atoms with Gasteiger partial charge in [0.15, 0.2) is 0 Å². The van der Waals surface area contributed by atoms with E-state index in [1.165, 1.54) is 12.1 Å². The SMILES string of the molecule is N[C@H]1CC(c2cccc(F)c2)Oc2ccc(Br)cc21. The Kier molecular flexibility index (Phi) is 3.29. The van der Waals surface area contributed by atoms with E-state index in [0.717, 1.165) is 21.3 Å². The fourth-order valence-electron chi connectivity index (χ4n) is 2.39. The maximum atomic E-state index is 13.3. The van der Waals surface area contributed by atoms with E-state index in [4.69, 9.17) is 10.5 Å². The van der Waals surface area contributed by atoms with Crippen molar-refractivity contribution >= 4 is 15.9 Å². The quantitative estimate of drug-likeness (QED) is 0.857. The van der Waals surface area contributed by atoms with Crippen molar-refractivity contribution < 1.29 is 9.13 Å². The van der Waals surface area contributed by atoms with Gasteiger partial charge in [0.05, 0.1) is 0 Å². The first-order chi connectivity index (χ1) is 9.13. The molecule has 1 aliphatic rings. The molecule has 0 aromatic heterocycles. The van der Waals surface area contributed by atoms with Crippen LogP contribution in [0.5, 0.6) is 5.75 Å². The van der Waals surface area contributed by atoms with Gasteiger partial charge >= 0.3 is 0 Å². The lowest BCUT2D eigenvalue weighted by Gasteiger charge is -2.30. The number of rotatable bonds is 1. The summed E-state index contributed by atoms with van der Waals surface area (Å²) in [6.45, 7) is 0. The average Bonchev–Trinajstić information content (AvgIpc) is 2.39. The van der Waals surface area contributed by atoms with Crippen molar-refractivity contribution in [2.75, 3.05) is 0 Å². The van der Waals surface area contributed by atoms with Crippen molar-refractivity contribution in [2.24, 2.45) is 5.73 Å². The first-order valence-corrected chi connectivity index (χ1v) is 6.90. The van der Waals surface area contributed by atoms with Crippen LogP contribution < -0.4 is 10.5 Å². The summed E-state index contributed by atoms with van der Waals surface area (Å²) in [5.74, 6) is 0.521. The number of benzene rings is 2. The normalized spacial score (nSPS) is 21.6. The van der Waals surface area contributed by atoms with E-state index in [9.17, 15) is 4.39 Å². The Morgan fingerprint density at radius 3 is 2.84 bits per heavy atom. The Bertz CT molecular complexity index is 617. The number of hydrogen-bond donors (Lipinski definition) is 1. The van der Waals surface area contributed by atoms with E-state index in [1.807, 2.05) is 24.3 Å². The largest absolute Gasteiger partial charge is 0.485 e. The topological polar surface area (TPSA) is 35.2 Å². The molecule has 1 heterocycles. The first-order valence-electron chi connectivity index (χ1n) is 6.10. The number of ether oxygens (including phenoxy) is 1. The molecule has 2 aromatic rings. The molecule has 4 heteroatoms. The molecule has 3 rings (SSSR count). The molecule has 0 saturated heterocycles. The van der Waals surface area contributed by atoms with Crippen molar-refractivity contribution in [2.45, 2.75) is 18.6 Å². The first kappa shape index (κ1) is 12.6. The summed E-state index contributed by atoms with van der Waals surface area (Å²) in [5.41, 5.74) is 8.00. The second-order valence-electron chi connectivity index (χ2n) is 4.69. The minimum Gasteiger partial charge on any atom is -0.485 e. The van der Waals surface area contributed by atoms with Crippen LogP contribution in [0.4, 0.5) is 4.39 Å². The summed E-state index contributed by atoms with van der Waals surface area (Å²) < 4.78 is 20.2. The standard InChI is InChI=1S/C15H13BrFNO/c16-10-4-5-14-12(7-10)13(18)8-15(19-14)9-2-1-3-11(17)6-9/h1-7,13,15H,8,18H2/t13-,15?/m0/s1. The van der Waals surface area contributed by atoms with Gasteiger partial charge < -0.3 is 10.5 Å². The molecule has 0 saturated carbocycles. The van der Waals surface area contributed by atoms with Crippen LogP contribution in [0.25, 0.3) is 0 Å². The zero-order chi connectivity index (χ0) is 13.4. The molecule has 2 N–H and O–H groups in total. The monoisotopic (exact) mass is 321 g/mol. The summed E-state index contributed by atoms with van der Waals surface area (Å²) >= 11 is 3.43. The number of hydrogen-bond acceptors (Lipinski definition) is 2. The van der Waals surface area contributed by atoms with E-state index >= 15 is 0 Å². The molecular weight excluding hydrogens is 309 g/mol. The predicted octanol–water partition coefficient (Wildman–Crippen LogP) is 4.11. The number of fused-ring (bicyclic) bond motifs is 1. The van der Waals surface area contributed by atoms with Crippen molar-refractivity contribution in [3.05, 3.63) is 63.9 Å². The lowest BCUT2D eigenvalue weighted by molar-refractivity contribution is 0.161. The Morgan fingerprint density at radius 2 is 2.05 bits per heavy atom. The third-order valence-corrected chi connectivity index (χ3v) is 3.82. The van der Waals surface area contributed by atoms with Gasteiger partial charge in [0.2, 0.25) is 0 Å². The lowest BCUT2D eigenvalue weighted by atomic mass is 9.93. The summed E-state index contributed by atoms with van der Waals surface area (Å²) in [4.78, 5) is 0. The highest BCUT2D eigenvalue weighted by molar-refractivity contribution is 9.10. The second-order valence-corrected chi connectivity index (χ2v) is 5.60. The third kappa shape index (κ3) is 2.51. The molecule has 19 heavy (non-hydrogen) atoms. The Labute approximate surface area is 119 Å². The Balaban J connectivity index is 1.95. The van der Waals surface area contributed by atoms with E-state index in [1.54, 1.807) is 6.07 Å². The van der Waals surface area contributed by atoms with Crippen LogP contribution in [-0.4, -0.2) is 0 Å². The van der Waals surface area contributed by atoms with Gasteiger partial charge in [-0.1, -0.05) is 28.1 Å². The van der Waals surface area contributed by atoms with E-state index in [2.05, 4.69) is 15.9 Å². The van der Waals surface area contributed by atoms with Crippen LogP contribution >= 0.6 is 15.9 Å². The number of nitrogens with two attached hydrogens (primary N) is 1. The highest BCUT2D eigenvalue weighted by Crippen LogP contribution is 2.40. The fraction of sp³-hybridized carbons (Fsp3) is 0.200. The molecule has 0 spiro atoms. The molecule has 1 aliphatic heterocycles. The van der Waals surface area contributed by atoms with Gasteiger partial charge in [-0.05, 0) is 35.9 Å². The Morgan fingerprint density at radius 1 is 1.21 bits per heavy atom. The van der Waals surface area contributed by atoms with Crippen LogP contribution in [0.15, 0.2) is 46.9 Å². The minimum absolute atomic E-state index is 0.102. The third-order valence-electron chi connectivity index (χ3n) is 3.33. The van der Waals surface area contributed by atoms with Crippen LogP contribution in [0.3, 0.4) is 0 Å². The van der Waals surface area contributed by atoms with Gasteiger partial charge in [0.25, 0.3) is 0 Å². The van der Waals surface area contributed by atoms with Gasteiger partial charge in [-0.3, -0.25) is 0 Å². The minimum atomic E-state index is -0.253. The van der Waals surface area contributed by atoms with Crippen LogP contribution in [-0.2, 0) is 0 Å². The van der Waals surface area contributed by atoms with E-state index in [0.29, 0.717) is 6.42 Å². The molecule has 0 aliphatic carbocycles. The molecule has 2 aromatic carbocycles. The molecule has 2 nitrogen and oxygen atoms in total. The molecular formula is C15H13BrFNO. The zero-order valence-corrected chi connectivity index (χ0v) is 11.7. The lowest BCUT2D eigenvalue weighted by Crippen LogP contribution is -2.24. The average molecular weight is 322 g/mol. The summed E-state index contributed by atoms with van der Waals surface area (Å²) in [6.07, 6.45) is 0.451. The predicted molar refractivity (Wildman–Crippen MR) is 75.5 cm³/mol. The molecule has 0 amide bonds. The van der Waals surface area contributed by atoms with Gasteiger partial charge in [0, 0.05) is 22.5 Å². The van der Waals surface area contributed by atoms with Crippen molar-refractivity contribution in [1.82, 2.24) is 0 Å². The highest BCUT2D eigenvalue weighted by Gasteiger charge is 2.27. The maximum Gasteiger partial charge on any atom is 0.126 e. The molecule has 0 fully saturated rings. The number of halogens is 2. The summed E-state index contributed by atoms with van der Waals surface area (Å²) in [5, 5.41) is 0. The highest BCUT2D eigenvalue weighted by atomic mass is 79.9. The molecule has 98 valence electrons. The van der Waals surface area contributed by atoms with E-state index < -0.39 is 0 Å². The smallest absolute Gasteiger partial charge is 0.126 e. The van der Waals surface area contributed by atoms with Crippen LogP contribution in [0.2, 0.25) is 0 Å². The van der Waals surface area contributed by atoms with Gasteiger partial charge in [0.1, 0.15) is 17.7 Å². The van der Waals surface area contributed by atoms with Crippen LogP contribution in [0.1, 0.15) is 29.7 Å². The Hall–Kier alpha value is -1.39. The molecule has 2 atom stereocenters. The fourth-order valence-corrected chi connectivity index (χ4v) is 2.77. The van der Waals surface area contributed by atoms with Gasteiger partial charge in [-0.15, -0.1) is 0 Å². The summed E-state index contributed by atoms with van der Waals surface area (Å²) in [7, 11) is 0. The molecule has 0 radical (unpaired) electrons. The summed E-state index contributed by atoms with van der Waals surface area (Å²) in [6, 6.07) is 12.2. The van der Waals surface area contributed by atoms with Crippen LogP contribution in [0, 0.1) is 5.82 Å². The zero-order valence-electron chi connectivity index (χ0n) is 10.1. The van der Waals surface area contributed by atoms with Crippen molar-refractivity contribution in [3.8, 4) is 5.75 Å². The maximum absolute atomic E-state index is 13.3. The second kappa shape index (κ2) is 4.94.